The summed E-state index contributed by atoms with van der Waals surface area (Å²) in [4.78, 5) is 15.8. The predicted octanol–water partition coefficient (Wildman–Crippen LogP) is 7.42. The number of hydrogen-bond donors (Lipinski definition) is 0. The summed E-state index contributed by atoms with van der Waals surface area (Å²) in [5.41, 5.74) is 6.21. The molecule has 0 spiro atoms. The molecule has 2 heterocycles. The molecule has 37 heavy (non-hydrogen) atoms. The van der Waals surface area contributed by atoms with E-state index in [0.717, 1.165) is 28.0 Å². The first-order valence-corrected chi connectivity index (χ1v) is 12.2. The lowest BCUT2D eigenvalue weighted by Crippen LogP contribution is -2.18. The Labute approximate surface area is 228 Å². The highest BCUT2D eigenvalue weighted by Crippen LogP contribution is 2.40. The third kappa shape index (κ3) is 5.26. The van der Waals surface area contributed by atoms with E-state index < -0.39 is 10.7 Å². The van der Waals surface area contributed by atoms with Crippen LogP contribution in [0.1, 0.15) is 34.7 Å². The lowest BCUT2D eigenvalue weighted by Gasteiger charge is -2.21. The molecule has 1 aliphatic heterocycles. The van der Waals surface area contributed by atoms with Crippen LogP contribution in [0.4, 0.5) is 15.2 Å². The zero-order valence-corrected chi connectivity index (χ0v) is 22.9. The number of non-ortho nitro benzene ring substituents is 1. The van der Waals surface area contributed by atoms with Crippen molar-refractivity contribution in [3.8, 4) is 17.0 Å². The number of halogens is 2. The van der Waals surface area contributed by atoms with Gasteiger partial charge in [0.25, 0.3) is 5.69 Å². The van der Waals surface area contributed by atoms with E-state index in [1.807, 2.05) is 30.3 Å². The van der Waals surface area contributed by atoms with E-state index in [2.05, 4.69) is 18.2 Å². The molecular weight excluding hydrogens is 559 g/mol. The smallest absolute Gasteiger partial charge is 0.269 e. The number of nitro benzene ring substituents is 1. The molecule has 0 N–H and O–H groups in total. The maximum Gasteiger partial charge on any atom is 0.269 e. The summed E-state index contributed by atoms with van der Waals surface area (Å²) >= 11 is 1.39. The fourth-order valence-corrected chi connectivity index (χ4v) is 5.16. The van der Waals surface area contributed by atoms with Crippen LogP contribution in [-0.4, -0.2) is 22.7 Å². The van der Waals surface area contributed by atoms with Crippen molar-refractivity contribution in [3.05, 3.63) is 104 Å². The topological polar surface area (TPSA) is 80.9 Å². The standard InChI is InChI=1S/C27H23FN4O3S.BrH/c1-16-7-8-17(2)21(11-16)23-14-25(19-5-4-6-20(12-19)32(33)34)31(30-23)27-29-24(15-36-27)18-9-10-26(35-3)22(28)13-18;/h4-13,15,25H,14H2,1-3H3;1H. The van der Waals surface area contributed by atoms with Gasteiger partial charge in [0, 0.05) is 35.1 Å². The molecule has 4 aromatic rings. The lowest BCUT2D eigenvalue weighted by molar-refractivity contribution is -0.384. The van der Waals surface area contributed by atoms with Gasteiger partial charge in [-0.3, -0.25) is 10.1 Å². The fraction of sp³-hybridized carbons (Fsp3) is 0.185. The van der Waals surface area contributed by atoms with Gasteiger partial charge < -0.3 is 4.74 Å². The fourth-order valence-electron chi connectivity index (χ4n) is 4.33. The quantitative estimate of drug-likeness (QED) is 0.174. The van der Waals surface area contributed by atoms with Gasteiger partial charge >= 0.3 is 0 Å². The normalized spacial score (nSPS) is 14.8. The molecule has 1 unspecified atom stereocenters. The maximum absolute atomic E-state index is 14.3. The van der Waals surface area contributed by atoms with Crippen LogP contribution >= 0.6 is 28.3 Å². The van der Waals surface area contributed by atoms with Crippen molar-refractivity contribution in [1.29, 1.82) is 0 Å². The van der Waals surface area contributed by atoms with E-state index in [1.165, 1.54) is 30.6 Å². The van der Waals surface area contributed by atoms with Crippen LogP contribution in [0.15, 0.2) is 71.1 Å². The lowest BCUT2D eigenvalue weighted by atomic mass is 9.95. The van der Waals surface area contributed by atoms with Gasteiger partial charge in [0.15, 0.2) is 11.6 Å². The average Bonchev–Trinajstić information content (AvgIpc) is 3.53. The van der Waals surface area contributed by atoms with Crippen molar-refractivity contribution in [2.45, 2.75) is 26.3 Å². The van der Waals surface area contributed by atoms with Crippen molar-refractivity contribution in [3.63, 3.8) is 0 Å². The van der Waals surface area contributed by atoms with Crippen molar-refractivity contribution in [2.24, 2.45) is 5.10 Å². The molecule has 0 saturated heterocycles. The third-order valence-corrected chi connectivity index (χ3v) is 7.05. The first-order valence-electron chi connectivity index (χ1n) is 11.3. The van der Waals surface area contributed by atoms with Crippen molar-refractivity contribution >= 4 is 44.8 Å². The molecule has 0 bridgehead atoms. The molecule has 0 amide bonds. The Balaban J connectivity index is 0.00000320. The van der Waals surface area contributed by atoms with Gasteiger partial charge in [0.2, 0.25) is 5.13 Å². The number of anilines is 1. The number of hydrogen-bond acceptors (Lipinski definition) is 7. The first-order chi connectivity index (χ1) is 17.3. The van der Waals surface area contributed by atoms with E-state index in [0.29, 0.717) is 22.8 Å². The predicted molar refractivity (Wildman–Crippen MR) is 150 cm³/mol. The number of thiazole rings is 1. The number of benzene rings is 3. The average molecular weight is 583 g/mol. The van der Waals surface area contributed by atoms with Gasteiger partial charge in [-0.15, -0.1) is 28.3 Å². The molecular formula is C27H24BrFN4O3S. The van der Waals surface area contributed by atoms with Gasteiger partial charge in [-0.25, -0.2) is 14.4 Å². The molecule has 0 fully saturated rings. The number of hydrazone groups is 1. The van der Waals surface area contributed by atoms with Crippen molar-refractivity contribution in [1.82, 2.24) is 4.98 Å². The third-order valence-electron chi connectivity index (χ3n) is 6.22. The van der Waals surface area contributed by atoms with E-state index in [1.54, 1.807) is 24.3 Å². The minimum absolute atomic E-state index is 0. The van der Waals surface area contributed by atoms with Gasteiger partial charge in [-0.2, -0.15) is 5.10 Å². The second-order valence-electron chi connectivity index (χ2n) is 8.65. The number of rotatable bonds is 6. The van der Waals surface area contributed by atoms with Crippen LogP contribution in [-0.2, 0) is 0 Å². The summed E-state index contributed by atoms with van der Waals surface area (Å²) in [6.07, 6.45) is 0.567. The van der Waals surface area contributed by atoms with Crippen molar-refractivity contribution in [2.75, 3.05) is 12.1 Å². The van der Waals surface area contributed by atoms with Crippen LogP contribution in [0.3, 0.4) is 0 Å². The van der Waals surface area contributed by atoms with E-state index >= 15 is 0 Å². The first kappa shape index (κ1) is 26.4. The Morgan fingerprint density at radius 1 is 1.14 bits per heavy atom. The Morgan fingerprint density at radius 2 is 1.95 bits per heavy atom. The number of ether oxygens (including phenoxy) is 1. The summed E-state index contributed by atoms with van der Waals surface area (Å²) in [5.74, 6) is -0.294. The van der Waals surface area contributed by atoms with Gasteiger partial charge in [0.05, 0.1) is 29.5 Å². The number of aryl methyl sites for hydroxylation is 2. The second-order valence-corrected chi connectivity index (χ2v) is 9.48. The van der Waals surface area contributed by atoms with Crippen LogP contribution < -0.4 is 9.75 Å². The number of nitrogens with zero attached hydrogens (tertiary/aromatic N) is 4. The summed E-state index contributed by atoms with van der Waals surface area (Å²) in [6, 6.07) is 17.3. The molecule has 10 heteroatoms. The SMILES string of the molecule is Br.COc1ccc(-c2csc(N3N=C(c4cc(C)ccc4C)CC3c3cccc([N+](=O)[O-])c3)n2)cc1F. The zero-order valence-electron chi connectivity index (χ0n) is 20.3. The molecule has 0 saturated carbocycles. The Kier molecular flexibility index (Phi) is 7.70. The van der Waals surface area contributed by atoms with Crippen LogP contribution in [0.5, 0.6) is 5.75 Å². The number of nitro groups is 1. The highest BCUT2D eigenvalue weighted by molar-refractivity contribution is 8.93. The highest BCUT2D eigenvalue weighted by Gasteiger charge is 2.33. The molecule has 7 nitrogen and oxygen atoms in total. The van der Waals surface area contributed by atoms with Gasteiger partial charge in [-0.05, 0) is 49.2 Å². The molecule has 3 aromatic carbocycles. The molecule has 190 valence electrons. The van der Waals surface area contributed by atoms with Gasteiger partial charge in [-0.1, -0.05) is 29.8 Å². The molecule has 0 radical (unpaired) electrons. The van der Waals surface area contributed by atoms with Crippen LogP contribution in [0.25, 0.3) is 11.3 Å². The molecule has 1 aromatic heterocycles. The monoisotopic (exact) mass is 582 g/mol. The Morgan fingerprint density at radius 3 is 2.68 bits per heavy atom. The summed E-state index contributed by atoms with van der Waals surface area (Å²) in [5, 5.41) is 20.7. The maximum atomic E-state index is 14.3. The van der Waals surface area contributed by atoms with Crippen LogP contribution in [0.2, 0.25) is 0 Å². The Hall–Kier alpha value is -3.63. The largest absolute Gasteiger partial charge is 0.494 e. The summed E-state index contributed by atoms with van der Waals surface area (Å²) < 4.78 is 19.3. The minimum Gasteiger partial charge on any atom is -0.494 e. The molecule has 0 aliphatic carbocycles. The van der Waals surface area contributed by atoms with Crippen LogP contribution in [0, 0.1) is 29.8 Å². The summed E-state index contributed by atoms with van der Waals surface area (Å²) in [6.45, 7) is 4.08. The zero-order chi connectivity index (χ0) is 25.4. The second kappa shape index (κ2) is 10.8. The van der Waals surface area contributed by atoms with Crippen molar-refractivity contribution < 1.29 is 14.1 Å². The van der Waals surface area contributed by atoms with Gasteiger partial charge in [0.1, 0.15) is 0 Å². The number of methoxy groups -OCH3 is 1. The number of aromatic nitrogens is 1. The molecule has 5 rings (SSSR count). The Bertz CT molecular complexity index is 1510. The minimum atomic E-state index is -0.463. The van der Waals surface area contributed by atoms with E-state index in [4.69, 9.17) is 14.8 Å². The molecule has 1 atom stereocenters. The molecule has 1 aliphatic rings. The summed E-state index contributed by atoms with van der Waals surface area (Å²) in [7, 11) is 1.42. The highest BCUT2D eigenvalue weighted by atomic mass is 79.9. The van der Waals surface area contributed by atoms with E-state index in [-0.39, 0.29) is 34.5 Å². The van der Waals surface area contributed by atoms with E-state index in [9.17, 15) is 14.5 Å².